The Balaban J connectivity index is 0.000000146. The molecule has 0 aromatic heterocycles. The highest BCUT2D eigenvalue weighted by molar-refractivity contribution is 5.57. The molecule has 0 atom stereocenters. The summed E-state index contributed by atoms with van der Waals surface area (Å²) in [5.41, 5.74) is 0.935. The summed E-state index contributed by atoms with van der Waals surface area (Å²) < 4.78 is 9.98. The van der Waals surface area contributed by atoms with E-state index in [1.807, 2.05) is 48.5 Å². The first-order valence-corrected chi connectivity index (χ1v) is 5.67. The third-order valence-corrected chi connectivity index (χ3v) is 2.52. The van der Waals surface area contributed by atoms with Gasteiger partial charge in [-0.25, -0.2) is 0 Å². The molecule has 3 heteroatoms. The SMILES string of the molecule is COc1ccccc1CC=O.c1ccc2c(c1)O2. The van der Waals surface area contributed by atoms with E-state index in [0.29, 0.717) is 6.42 Å². The van der Waals surface area contributed by atoms with Gasteiger partial charge >= 0.3 is 0 Å². The van der Waals surface area contributed by atoms with E-state index in [9.17, 15) is 4.79 Å². The van der Waals surface area contributed by atoms with E-state index in [2.05, 4.69) is 0 Å². The summed E-state index contributed by atoms with van der Waals surface area (Å²) in [6.07, 6.45) is 1.29. The van der Waals surface area contributed by atoms with Crippen LogP contribution in [0.25, 0.3) is 0 Å². The van der Waals surface area contributed by atoms with Crippen LogP contribution in [0.4, 0.5) is 0 Å². The Morgan fingerprint density at radius 3 is 2.22 bits per heavy atom. The summed E-state index contributed by atoms with van der Waals surface area (Å²) in [4.78, 5) is 10.2. The highest BCUT2D eigenvalue weighted by Crippen LogP contribution is 2.43. The second-order valence-corrected chi connectivity index (χ2v) is 3.73. The molecule has 0 amide bonds. The molecule has 18 heavy (non-hydrogen) atoms. The molecule has 0 spiro atoms. The molecule has 2 aromatic carbocycles. The predicted molar refractivity (Wildman–Crippen MR) is 69.3 cm³/mol. The Bertz CT molecular complexity index is 514. The molecule has 92 valence electrons. The topological polar surface area (TPSA) is 38.8 Å². The van der Waals surface area contributed by atoms with E-state index in [-0.39, 0.29) is 0 Å². The van der Waals surface area contributed by atoms with Gasteiger partial charge in [0.2, 0.25) is 0 Å². The molecule has 3 nitrogen and oxygen atoms in total. The molecule has 3 rings (SSSR count). The van der Waals surface area contributed by atoms with E-state index in [1.165, 1.54) is 0 Å². The molecular formula is C15H14O3. The van der Waals surface area contributed by atoms with Crippen LogP contribution in [-0.4, -0.2) is 13.4 Å². The Morgan fingerprint density at radius 1 is 1.06 bits per heavy atom. The van der Waals surface area contributed by atoms with Gasteiger partial charge in [-0.05, 0) is 18.2 Å². The number of benzene rings is 2. The molecule has 1 heterocycles. The predicted octanol–water partition coefficient (Wildman–Crippen LogP) is 3.23. The first-order valence-electron chi connectivity index (χ1n) is 5.67. The van der Waals surface area contributed by atoms with Crippen molar-refractivity contribution in [3.63, 3.8) is 0 Å². The first kappa shape index (κ1) is 12.2. The lowest BCUT2D eigenvalue weighted by Crippen LogP contribution is -1.91. The van der Waals surface area contributed by atoms with Crippen molar-refractivity contribution in [1.29, 1.82) is 0 Å². The second-order valence-electron chi connectivity index (χ2n) is 3.73. The lowest BCUT2D eigenvalue weighted by molar-refractivity contribution is -0.107. The van der Waals surface area contributed by atoms with Crippen molar-refractivity contribution in [3.05, 3.63) is 54.1 Å². The fourth-order valence-electron chi connectivity index (χ4n) is 1.57. The number of aldehydes is 1. The molecule has 0 fully saturated rings. The summed E-state index contributed by atoms with van der Waals surface area (Å²) in [5, 5.41) is 0. The second kappa shape index (κ2) is 5.87. The fraction of sp³-hybridized carbons (Fsp3) is 0.133. The van der Waals surface area contributed by atoms with Gasteiger partial charge in [-0.15, -0.1) is 0 Å². The minimum Gasteiger partial charge on any atom is -0.496 e. The molecule has 0 aliphatic carbocycles. The van der Waals surface area contributed by atoms with Crippen molar-refractivity contribution in [2.45, 2.75) is 6.42 Å². The Hall–Kier alpha value is -2.29. The highest BCUT2D eigenvalue weighted by atomic mass is 16.6. The smallest absolute Gasteiger partial charge is 0.170 e. The van der Waals surface area contributed by atoms with Crippen LogP contribution >= 0.6 is 0 Å². The van der Waals surface area contributed by atoms with Crippen LogP contribution in [0.15, 0.2) is 48.5 Å². The average Bonchev–Trinajstić information content (AvgIpc) is 3.20. The van der Waals surface area contributed by atoms with Crippen molar-refractivity contribution in [2.24, 2.45) is 0 Å². The standard InChI is InChI=1S/C9H10O2.C6H4O/c1-11-9-5-3-2-4-8(9)6-7-10;1-2-4-6-5(3-1)7-6/h2-5,7H,6H2,1H3;1-4H. The van der Waals surface area contributed by atoms with Crippen LogP contribution in [0.3, 0.4) is 0 Å². The zero-order valence-electron chi connectivity index (χ0n) is 10.1. The Labute approximate surface area is 106 Å². The summed E-state index contributed by atoms with van der Waals surface area (Å²) in [6.45, 7) is 0. The summed E-state index contributed by atoms with van der Waals surface area (Å²) >= 11 is 0. The van der Waals surface area contributed by atoms with Crippen molar-refractivity contribution in [1.82, 2.24) is 0 Å². The van der Waals surface area contributed by atoms with Gasteiger partial charge in [-0.3, -0.25) is 0 Å². The minimum atomic E-state index is 0.421. The number of para-hydroxylation sites is 3. The van der Waals surface area contributed by atoms with Crippen molar-refractivity contribution in [3.8, 4) is 17.2 Å². The van der Waals surface area contributed by atoms with E-state index in [1.54, 1.807) is 7.11 Å². The van der Waals surface area contributed by atoms with Crippen molar-refractivity contribution < 1.29 is 14.3 Å². The van der Waals surface area contributed by atoms with Crippen LogP contribution in [-0.2, 0) is 11.2 Å². The number of hydrogen-bond acceptors (Lipinski definition) is 3. The number of methoxy groups -OCH3 is 1. The number of rotatable bonds is 3. The van der Waals surface area contributed by atoms with Gasteiger partial charge < -0.3 is 14.3 Å². The van der Waals surface area contributed by atoms with E-state index < -0.39 is 0 Å². The van der Waals surface area contributed by atoms with Crippen LogP contribution in [0.2, 0.25) is 0 Å². The molecule has 0 radical (unpaired) electrons. The van der Waals surface area contributed by atoms with Crippen LogP contribution in [0.5, 0.6) is 17.2 Å². The van der Waals surface area contributed by atoms with Gasteiger partial charge in [0.05, 0.1) is 7.11 Å². The molecule has 0 saturated carbocycles. The van der Waals surface area contributed by atoms with Crippen LogP contribution < -0.4 is 9.47 Å². The molecule has 0 bridgehead atoms. The van der Waals surface area contributed by atoms with Crippen molar-refractivity contribution in [2.75, 3.05) is 7.11 Å². The number of ether oxygens (including phenoxy) is 2. The molecule has 1 aliphatic heterocycles. The van der Waals surface area contributed by atoms with Crippen LogP contribution in [0.1, 0.15) is 5.56 Å². The quantitative estimate of drug-likeness (QED) is 0.523. The molecule has 2 aromatic rings. The fourth-order valence-corrected chi connectivity index (χ4v) is 1.57. The Kier molecular flexibility index (Phi) is 3.97. The van der Waals surface area contributed by atoms with E-state index in [4.69, 9.17) is 9.47 Å². The van der Waals surface area contributed by atoms with Gasteiger partial charge in [0.1, 0.15) is 12.0 Å². The summed E-state index contributed by atoms with van der Waals surface area (Å²) in [6, 6.07) is 15.3. The van der Waals surface area contributed by atoms with Crippen LogP contribution in [0, 0.1) is 0 Å². The van der Waals surface area contributed by atoms with Gasteiger partial charge in [0.25, 0.3) is 0 Å². The maximum atomic E-state index is 10.2. The van der Waals surface area contributed by atoms with Crippen molar-refractivity contribution >= 4 is 6.29 Å². The third kappa shape index (κ3) is 3.10. The number of carbonyl (C=O) groups excluding carboxylic acids is 1. The lowest BCUT2D eigenvalue weighted by Gasteiger charge is -2.03. The minimum absolute atomic E-state index is 0.421. The normalized spacial score (nSPS) is 10.3. The molecule has 0 unspecified atom stereocenters. The van der Waals surface area contributed by atoms with E-state index >= 15 is 0 Å². The van der Waals surface area contributed by atoms with Gasteiger partial charge in [0.15, 0.2) is 11.5 Å². The largest absolute Gasteiger partial charge is 0.496 e. The zero-order valence-corrected chi connectivity index (χ0v) is 10.1. The third-order valence-electron chi connectivity index (χ3n) is 2.52. The van der Waals surface area contributed by atoms with Gasteiger partial charge in [0, 0.05) is 12.0 Å². The summed E-state index contributed by atoms with van der Waals surface area (Å²) in [5.74, 6) is 2.84. The zero-order chi connectivity index (χ0) is 12.8. The van der Waals surface area contributed by atoms with Gasteiger partial charge in [-0.1, -0.05) is 30.3 Å². The first-order chi connectivity index (χ1) is 8.85. The van der Waals surface area contributed by atoms with Gasteiger partial charge in [-0.2, -0.15) is 0 Å². The lowest BCUT2D eigenvalue weighted by atomic mass is 10.1. The monoisotopic (exact) mass is 242 g/mol. The average molecular weight is 242 g/mol. The number of hydrogen-bond donors (Lipinski definition) is 0. The molecule has 0 saturated heterocycles. The summed E-state index contributed by atoms with van der Waals surface area (Å²) in [7, 11) is 1.60. The molecule has 0 N–H and O–H groups in total. The maximum Gasteiger partial charge on any atom is 0.170 e. The molecule has 1 aliphatic rings. The molecular weight excluding hydrogens is 228 g/mol. The highest BCUT2D eigenvalue weighted by Gasteiger charge is 2.15. The Morgan fingerprint density at radius 2 is 1.67 bits per heavy atom. The number of carbonyl (C=O) groups is 1. The van der Waals surface area contributed by atoms with E-state index in [0.717, 1.165) is 29.1 Å². The number of fused-ring (bicyclic) bond motifs is 1. The maximum absolute atomic E-state index is 10.2.